The summed E-state index contributed by atoms with van der Waals surface area (Å²) in [5.41, 5.74) is 0.309. The maximum absolute atomic E-state index is 14.0. The molecule has 1 aliphatic rings. The Morgan fingerprint density at radius 1 is 1.44 bits per heavy atom. The first-order valence-electron chi connectivity index (χ1n) is 8.37. The highest BCUT2D eigenvalue weighted by Gasteiger charge is 2.17. The maximum Gasteiger partial charge on any atom is 0.273 e. The van der Waals surface area contributed by atoms with Gasteiger partial charge in [0.1, 0.15) is 11.6 Å². The molecular formula is C17H21F2N5O. The second kappa shape index (κ2) is 7.69. The third-order valence-corrected chi connectivity index (χ3v) is 4.42. The number of carbonyl (C=O) groups is 1. The van der Waals surface area contributed by atoms with Crippen LogP contribution in [0.1, 0.15) is 34.5 Å². The van der Waals surface area contributed by atoms with Gasteiger partial charge in [0.2, 0.25) is 0 Å². The minimum absolute atomic E-state index is 0.136. The number of halogens is 2. The second-order valence-corrected chi connectivity index (χ2v) is 6.38. The van der Waals surface area contributed by atoms with E-state index in [1.165, 1.54) is 12.1 Å². The van der Waals surface area contributed by atoms with Gasteiger partial charge in [-0.1, -0.05) is 11.3 Å². The molecule has 1 aromatic carbocycles. The fourth-order valence-corrected chi connectivity index (χ4v) is 2.97. The molecule has 1 aliphatic heterocycles. The molecule has 2 aromatic rings. The van der Waals surface area contributed by atoms with Gasteiger partial charge in [-0.25, -0.2) is 8.78 Å². The number of rotatable bonds is 5. The summed E-state index contributed by atoms with van der Waals surface area (Å²) in [7, 11) is 0. The number of nitrogens with one attached hydrogen (secondary N) is 2. The van der Waals surface area contributed by atoms with Crippen LogP contribution in [-0.2, 0) is 13.1 Å². The Morgan fingerprint density at radius 3 is 3.04 bits per heavy atom. The Morgan fingerprint density at radius 2 is 2.28 bits per heavy atom. The molecule has 2 heterocycles. The molecule has 0 bridgehead atoms. The van der Waals surface area contributed by atoms with Crippen LogP contribution in [0.3, 0.4) is 0 Å². The van der Waals surface area contributed by atoms with Crippen molar-refractivity contribution >= 4 is 5.91 Å². The van der Waals surface area contributed by atoms with Gasteiger partial charge in [0.05, 0.1) is 6.20 Å². The minimum atomic E-state index is -0.683. The topological polar surface area (TPSA) is 71.8 Å². The van der Waals surface area contributed by atoms with Gasteiger partial charge in [-0.3, -0.25) is 9.48 Å². The van der Waals surface area contributed by atoms with E-state index in [1.807, 2.05) is 0 Å². The summed E-state index contributed by atoms with van der Waals surface area (Å²) in [6.07, 6.45) is 3.80. The van der Waals surface area contributed by atoms with E-state index in [9.17, 15) is 13.6 Å². The van der Waals surface area contributed by atoms with Crippen molar-refractivity contribution in [2.75, 3.05) is 13.1 Å². The number of hydrogen-bond donors (Lipinski definition) is 2. The third-order valence-electron chi connectivity index (χ3n) is 4.42. The maximum atomic E-state index is 14.0. The summed E-state index contributed by atoms with van der Waals surface area (Å²) in [5, 5.41) is 13.6. The predicted octanol–water partition coefficient (Wildman–Crippen LogP) is 1.79. The predicted molar refractivity (Wildman–Crippen MR) is 87.9 cm³/mol. The number of aromatic nitrogens is 3. The molecule has 1 amide bonds. The quantitative estimate of drug-likeness (QED) is 0.863. The molecule has 0 aliphatic carbocycles. The molecule has 1 saturated heterocycles. The van der Waals surface area contributed by atoms with Gasteiger partial charge in [0.15, 0.2) is 5.69 Å². The largest absolute Gasteiger partial charge is 0.346 e. The molecule has 1 fully saturated rings. The van der Waals surface area contributed by atoms with Crippen LogP contribution in [0.4, 0.5) is 8.78 Å². The highest BCUT2D eigenvalue weighted by atomic mass is 19.1. The molecule has 0 saturated carbocycles. The fourth-order valence-electron chi connectivity index (χ4n) is 2.97. The number of aryl methyl sites for hydroxylation is 1. The lowest BCUT2D eigenvalue weighted by Crippen LogP contribution is -2.32. The van der Waals surface area contributed by atoms with Crippen LogP contribution < -0.4 is 10.6 Å². The summed E-state index contributed by atoms with van der Waals surface area (Å²) in [6.45, 7) is 3.96. The van der Waals surface area contributed by atoms with Crippen molar-refractivity contribution in [2.45, 2.75) is 32.9 Å². The average Bonchev–Trinajstić information content (AvgIpc) is 3.07. The fraction of sp³-hybridized carbons (Fsp3) is 0.471. The van der Waals surface area contributed by atoms with E-state index in [2.05, 4.69) is 20.9 Å². The van der Waals surface area contributed by atoms with E-state index >= 15 is 0 Å². The van der Waals surface area contributed by atoms with E-state index < -0.39 is 17.5 Å². The Bertz CT molecular complexity index is 755. The Hall–Kier alpha value is -2.35. The molecule has 0 spiro atoms. The average molecular weight is 349 g/mol. The highest BCUT2D eigenvalue weighted by Crippen LogP contribution is 2.16. The molecule has 2 N–H and O–H groups in total. The van der Waals surface area contributed by atoms with E-state index in [0.29, 0.717) is 18.0 Å². The van der Waals surface area contributed by atoms with E-state index in [1.54, 1.807) is 17.8 Å². The molecular weight excluding hydrogens is 328 g/mol. The van der Waals surface area contributed by atoms with Crippen LogP contribution >= 0.6 is 0 Å². The molecule has 1 aromatic heterocycles. The molecule has 6 nitrogen and oxygen atoms in total. The Balaban J connectivity index is 1.59. The van der Waals surface area contributed by atoms with Crippen LogP contribution in [0, 0.1) is 24.5 Å². The van der Waals surface area contributed by atoms with Gasteiger partial charge in [0.25, 0.3) is 5.91 Å². The molecule has 3 rings (SSSR count). The van der Waals surface area contributed by atoms with Crippen LogP contribution in [0.25, 0.3) is 0 Å². The molecule has 8 heteroatoms. The van der Waals surface area contributed by atoms with Gasteiger partial charge in [-0.15, -0.1) is 5.10 Å². The number of hydrogen-bond acceptors (Lipinski definition) is 4. The van der Waals surface area contributed by atoms with Crippen molar-refractivity contribution in [1.82, 2.24) is 25.6 Å². The molecule has 134 valence electrons. The third kappa shape index (κ3) is 4.19. The van der Waals surface area contributed by atoms with E-state index in [0.717, 1.165) is 25.9 Å². The lowest BCUT2D eigenvalue weighted by Gasteiger charge is -2.22. The molecule has 0 unspecified atom stereocenters. The number of carbonyl (C=O) groups excluding carboxylic acids is 1. The Kier molecular flexibility index (Phi) is 5.37. The summed E-state index contributed by atoms with van der Waals surface area (Å²) in [6, 6.07) is 2.55. The lowest BCUT2D eigenvalue weighted by atomic mass is 10.00. The van der Waals surface area contributed by atoms with Gasteiger partial charge in [0, 0.05) is 18.7 Å². The monoisotopic (exact) mass is 349 g/mol. The van der Waals surface area contributed by atoms with Crippen molar-refractivity contribution in [1.29, 1.82) is 0 Å². The van der Waals surface area contributed by atoms with Crippen molar-refractivity contribution in [3.05, 3.63) is 46.8 Å². The zero-order valence-corrected chi connectivity index (χ0v) is 14.1. The van der Waals surface area contributed by atoms with E-state index in [4.69, 9.17) is 0 Å². The lowest BCUT2D eigenvalue weighted by molar-refractivity contribution is 0.0945. The standard InChI is InChI=1S/C17H21F2N5O/c1-11-4-5-14(18)13(16(11)19)8-21-17(25)15-10-24(23-22-15)9-12-3-2-6-20-7-12/h4-5,10,12,20H,2-3,6-9H2,1H3,(H,21,25)/t12-/m1/s1. The van der Waals surface area contributed by atoms with Crippen molar-refractivity contribution in [2.24, 2.45) is 5.92 Å². The number of benzene rings is 1. The van der Waals surface area contributed by atoms with Gasteiger partial charge >= 0.3 is 0 Å². The zero-order valence-electron chi connectivity index (χ0n) is 14.1. The van der Waals surface area contributed by atoms with Crippen LogP contribution in [0.5, 0.6) is 0 Å². The van der Waals surface area contributed by atoms with Crippen LogP contribution in [0.2, 0.25) is 0 Å². The Labute approximate surface area is 144 Å². The van der Waals surface area contributed by atoms with Gasteiger partial charge < -0.3 is 10.6 Å². The van der Waals surface area contributed by atoms with Crippen LogP contribution in [-0.4, -0.2) is 34.0 Å². The minimum Gasteiger partial charge on any atom is -0.346 e. The van der Waals surface area contributed by atoms with Crippen molar-refractivity contribution < 1.29 is 13.6 Å². The second-order valence-electron chi connectivity index (χ2n) is 6.38. The first-order valence-corrected chi connectivity index (χ1v) is 8.37. The summed E-state index contributed by atoms with van der Waals surface area (Å²) >= 11 is 0. The first kappa shape index (κ1) is 17.5. The van der Waals surface area contributed by atoms with Crippen LogP contribution in [0.15, 0.2) is 18.3 Å². The number of amides is 1. The molecule has 0 radical (unpaired) electrons. The highest BCUT2D eigenvalue weighted by molar-refractivity contribution is 5.91. The normalized spacial score (nSPS) is 17.5. The van der Waals surface area contributed by atoms with Gasteiger partial charge in [-0.05, 0) is 50.4 Å². The van der Waals surface area contributed by atoms with Crippen molar-refractivity contribution in [3.63, 3.8) is 0 Å². The summed E-state index contributed by atoms with van der Waals surface area (Å²) in [5.74, 6) is -1.37. The number of piperidine rings is 1. The first-order chi connectivity index (χ1) is 12.0. The summed E-state index contributed by atoms with van der Waals surface area (Å²) in [4.78, 5) is 12.1. The molecule has 25 heavy (non-hydrogen) atoms. The SMILES string of the molecule is Cc1ccc(F)c(CNC(=O)c2cn(C[C@@H]3CCCNC3)nn2)c1F. The smallest absolute Gasteiger partial charge is 0.273 e. The van der Waals surface area contributed by atoms with Gasteiger partial charge in [-0.2, -0.15) is 0 Å². The molecule has 1 atom stereocenters. The number of nitrogens with zero attached hydrogens (tertiary/aromatic N) is 3. The van der Waals surface area contributed by atoms with Crippen molar-refractivity contribution in [3.8, 4) is 0 Å². The summed E-state index contributed by atoms with van der Waals surface area (Å²) < 4.78 is 29.3. The zero-order chi connectivity index (χ0) is 17.8. The van der Waals surface area contributed by atoms with E-state index in [-0.39, 0.29) is 17.8 Å².